The van der Waals surface area contributed by atoms with Gasteiger partial charge in [-0.15, -0.1) is 0 Å². The van der Waals surface area contributed by atoms with Crippen molar-refractivity contribution in [3.8, 4) is 5.97 Å². The summed E-state index contributed by atoms with van der Waals surface area (Å²) < 4.78 is 0. The Morgan fingerprint density at radius 2 is 1.67 bits per heavy atom. The Labute approximate surface area is 85.4 Å². The summed E-state index contributed by atoms with van der Waals surface area (Å²) in [6, 6.07) is 0. The summed E-state index contributed by atoms with van der Waals surface area (Å²) in [7, 11) is 1.43. The van der Waals surface area contributed by atoms with Gasteiger partial charge in [0, 0.05) is 0 Å². The summed E-state index contributed by atoms with van der Waals surface area (Å²) in [5.41, 5.74) is 0. The minimum absolute atomic E-state index is 0. The largest absolute Gasteiger partial charge is 1.00 e. The maximum absolute atomic E-state index is 7.32. The van der Waals surface area contributed by atoms with Gasteiger partial charge in [0.1, 0.15) is 0 Å². The van der Waals surface area contributed by atoms with E-state index >= 15 is 0 Å². The molecular formula is CH7AlBLiNNa. The molecule has 0 fully saturated rings. The zero-order valence-electron chi connectivity index (χ0n) is 3.95. The molecule has 0 radical (unpaired) electrons. The van der Waals surface area contributed by atoms with Crippen LogP contribution < -0.4 is 29.6 Å². The number of hydrogen-bond donors (Lipinski definition) is 0. The third-order valence-electron chi connectivity index (χ3n) is 0. The average Bonchev–Trinajstić information content (AvgIpc) is 0.918. The molecule has 0 atom stereocenters. The van der Waals surface area contributed by atoms with E-state index in [0.717, 1.165) is 0 Å². The quantitative estimate of drug-likeness (QED) is 0.279. The molecule has 6 heavy (non-hydrogen) atoms. The van der Waals surface area contributed by atoms with E-state index < -0.39 is 0 Å². The molecule has 0 aliphatic carbocycles. The van der Waals surface area contributed by atoms with Crippen molar-refractivity contribution in [2.45, 2.75) is 0 Å². The van der Waals surface area contributed by atoms with Crippen LogP contribution in [-0.4, -0.2) is 44.1 Å². The van der Waals surface area contributed by atoms with Gasteiger partial charge in [-0.2, -0.15) is 0 Å². The first-order valence-corrected chi connectivity index (χ1v) is 0.724. The fourth-order valence-electron chi connectivity index (χ4n) is 0. The van der Waals surface area contributed by atoms with Crippen LogP contribution in [0.1, 0.15) is 1.43 Å². The van der Waals surface area contributed by atoms with Gasteiger partial charge in [-0.1, -0.05) is 0 Å². The molecule has 5 heteroatoms. The van der Waals surface area contributed by atoms with Crippen LogP contribution in [0.15, 0.2) is 0 Å². The molecule has 0 bridgehead atoms. The van der Waals surface area contributed by atoms with E-state index in [0.29, 0.717) is 0 Å². The van der Waals surface area contributed by atoms with Crippen molar-refractivity contribution in [2.24, 2.45) is 0 Å². The second-order valence-corrected chi connectivity index (χ2v) is 0.224. The van der Waals surface area contributed by atoms with Crippen LogP contribution >= 0.6 is 0 Å². The molecule has 0 aromatic rings. The number of nitriles is 1. The molecule has 0 aliphatic heterocycles. The van der Waals surface area contributed by atoms with Crippen LogP contribution in [0.5, 0.6) is 0 Å². The molecule has 0 spiro atoms. The maximum atomic E-state index is 7.32. The van der Waals surface area contributed by atoms with E-state index in [1.807, 2.05) is 0 Å². The van der Waals surface area contributed by atoms with Crippen molar-refractivity contribution in [3.63, 3.8) is 0 Å². The Hall–Kier alpha value is 1.68. The van der Waals surface area contributed by atoms with Gasteiger partial charge >= 0.3 is 48.4 Å². The van der Waals surface area contributed by atoms with E-state index in [-0.39, 0.29) is 67.2 Å². The summed E-state index contributed by atoms with van der Waals surface area (Å²) >= 11 is 0. The van der Waals surface area contributed by atoms with E-state index in [4.69, 9.17) is 5.26 Å². The molecule has 0 saturated carbocycles. The van der Waals surface area contributed by atoms with Crippen molar-refractivity contribution in [3.05, 3.63) is 0 Å². The molecule has 0 amide bonds. The van der Waals surface area contributed by atoms with Crippen LogP contribution in [0.25, 0.3) is 0 Å². The standard InChI is InChI=1S/CH2BN.Al.Li.Na.5H/c2-1-3;;;;;;;;/h2H2;;;;;;;;/q;;;+1;;;;;-1. The fourth-order valence-corrected chi connectivity index (χ4v) is 0. The second kappa shape index (κ2) is 30.0. The van der Waals surface area contributed by atoms with Gasteiger partial charge in [0.15, 0.2) is 17.4 Å². The van der Waals surface area contributed by atoms with Crippen molar-refractivity contribution in [2.75, 3.05) is 0 Å². The van der Waals surface area contributed by atoms with Gasteiger partial charge < -0.3 is 1.43 Å². The molecule has 24 valence electrons. The van der Waals surface area contributed by atoms with Crippen molar-refractivity contribution >= 4 is 44.1 Å². The SMILES string of the molecule is BC#N.[AlH3].[H-].[LiH].[Na+]. The zero-order valence-corrected chi connectivity index (χ0v) is 4.95. The smallest absolute Gasteiger partial charge is 1.00 e. The fraction of sp³-hybridized carbons (Fsp3) is 0. The minimum atomic E-state index is 0. The molecule has 0 aromatic carbocycles. The first-order valence-electron chi connectivity index (χ1n) is 0.724. The predicted molar refractivity (Wildman–Crippen MR) is 32.4 cm³/mol. The Bertz CT molecular complexity index is 41.2. The van der Waals surface area contributed by atoms with Gasteiger partial charge in [0.2, 0.25) is 7.85 Å². The monoisotopic (exact) mass is 101 g/mol. The Morgan fingerprint density at radius 1 is 1.67 bits per heavy atom. The zero-order chi connectivity index (χ0) is 2.71. The molecule has 0 unspecified atom stereocenters. The van der Waals surface area contributed by atoms with Gasteiger partial charge in [-0.05, 0) is 5.97 Å². The summed E-state index contributed by atoms with van der Waals surface area (Å²) in [5, 5.41) is 7.32. The van der Waals surface area contributed by atoms with E-state index in [1.54, 1.807) is 5.97 Å². The van der Waals surface area contributed by atoms with Crippen LogP contribution in [0.4, 0.5) is 0 Å². The van der Waals surface area contributed by atoms with Crippen molar-refractivity contribution in [1.82, 2.24) is 0 Å². The first-order chi connectivity index (χ1) is 1.41. The molecule has 0 aliphatic rings. The number of rotatable bonds is 0. The van der Waals surface area contributed by atoms with Gasteiger partial charge in [0.25, 0.3) is 0 Å². The van der Waals surface area contributed by atoms with Gasteiger partial charge in [0.05, 0.1) is 0 Å². The van der Waals surface area contributed by atoms with Gasteiger partial charge in [-0.25, -0.2) is 5.26 Å². The van der Waals surface area contributed by atoms with E-state index in [9.17, 15) is 0 Å². The van der Waals surface area contributed by atoms with Crippen LogP contribution in [0.3, 0.4) is 0 Å². The maximum Gasteiger partial charge on any atom is 1.00 e. The normalized spacial score (nSPS) is 1.17. The summed E-state index contributed by atoms with van der Waals surface area (Å²) in [6.45, 7) is 0. The average molecular weight is 101 g/mol. The Kier molecular flexibility index (Phi) is 126. The second-order valence-electron chi connectivity index (χ2n) is 0.224. The molecule has 0 N–H and O–H groups in total. The van der Waals surface area contributed by atoms with E-state index in [1.165, 1.54) is 7.85 Å². The van der Waals surface area contributed by atoms with Gasteiger partial charge in [-0.3, -0.25) is 0 Å². The number of hydrogen-bond acceptors (Lipinski definition) is 1. The summed E-state index contributed by atoms with van der Waals surface area (Å²) in [6.07, 6.45) is 0. The molecule has 1 nitrogen and oxygen atoms in total. The predicted octanol–water partition coefficient (Wildman–Crippen LogP) is -5.62. The van der Waals surface area contributed by atoms with Crippen molar-refractivity contribution in [1.29, 1.82) is 5.26 Å². The number of nitrogens with zero attached hydrogens (tertiary/aromatic N) is 1. The summed E-state index contributed by atoms with van der Waals surface area (Å²) in [5.74, 6) is 1.75. The molecule has 0 heterocycles. The topological polar surface area (TPSA) is 23.8 Å². The first kappa shape index (κ1) is 25.3. The van der Waals surface area contributed by atoms with Crippen LogP contribution in [-0.2, 0) is 0 Å². The molecular weight excluding hydrogens is 93.7 g/mol. The molecule has 0 rings (SSSR count). The molecule has 0 saturated heterocycles. The summed E-state index contributed by atoms with van der Waals surface area (Å²) in [4.78, 5) is 0. The van der Waals surface area contributed by atoms with Crippen molar-refractivity contribution < 1.29 is 31.0 Å². The van der Waals surface area contributed by atoms with E-state index in [2.05, 4.69) is 0 Å². The van der Waals surface area contributed by atoms with Crippen LogP contribution in [0, 0.1) is 11.2 Å². The third-order valence-corrected chi connectivity index (χ3v) is 0. The Morgan fingerprint density at radius 3 is 1.67 bits per heavy atom. The third kappa shape index (κ3) is 44.0. The molecule has 0 aromatic heterocycles. The van der Waals surface area contributed by atoms with Crippen LogP contribution in [0.2, 0.25) is 0 Å². The minimum Gasteiger partial charge on any atom is 1.00 e. The Balaban J connectivity index is -0.00000000333.